The Morgan fingerprint density at radius 1 is 1.00 bits per heavy atom. The van der Waals surface area contributed by atoms with Crippen molar-refractivity contribution in [3.63, 3.8) is 0 Å². The molecule has 0 aromatic heterocycles. The van der Waals surface area contributed by atoms with E-state index in [1.54, 1.807) is 55.3 Å². The number of anilines is 1. The first-order chi connectivity index (χ1) is 19.5. The molecule has 9 heteroatoms. The molecule has 208 valence electrons. The van der Waals surface area contributed by atoms with Gasteiger partial charge in [-0.15, -0.1) is 0 Å². The first-order valence-corrected chi connectivity index (χ1v) is 13.3. The highest BCUT2D eigenvalue weighted by molar-refractivity contribution is 5.94. The van der Waals surface area contributed by atoms with Gasteiger partial charge in [-0.05, 0) is 60.5 Å². The molecule has 1 atom stereocenters. The first-order valence-electron chi connectivity index (χ1n) is 13.3. The zero-order chi connectivity index (χ0) is 28.3. The summed E-state index contributed by atoms with van der Waals surface area (Å²) in [6, 6.07) is 23.9. The van der Waals surface area contributed by atoms with Crippen LogP contribution in [0.2, 0.25) is 0 Å². The Bertz CT molecular complexity index is 1330. The number of nitrogens with one attached hydrogen (secondary N) is 1. The molecule has 1 fully saturated rings. The summed E-state index contributed by atoms with van der Waals surface area (Å²) in [6.07, 6.45) is -0.211. The summed E-state index contributed by atoms with van der Waals surface area (Å²) in [4.78, 5) is 29.0. The Kier molecular flexibility index (Phi) is 10.1. The van der Waals surface area contributed by atoms with Crippen molar-refractivity contribution < 1.29 is 23.8 Å². The third kappa shape index (κ3) is 7.82. The summed E-state index contributed by atoms with van der Waals surface area (Å²) >= 11 is 0. The van der Waals surface area contributed by atoms with E-state index in [-0.39, 0.29) is 12.1 Å². The highest BCUT2D eigenvalue weighted by Gasteiger charge is 2.25. The third-order valence-corrected chi connectivity index (χ3v) is 6.71. The molecular formula is C31H34N4O5. The second kappa shape index (κ2) is 14.1. The fourth-order valence-electron chi connectivity index (χ4n) is 4.48. The quantitative estimate of drug-likeness (QED) is 0.365. The number of ether oxygens (including phenoxy) is 3. The number of carbonyl (C=O) groups is 2. The molecule has 1 aliphatic heterocycles. The van der Waals surface area contributed by atoms with Crippen molar-refractivity contribution in [1.82, 2.24) is 9.80 Å². The molecule has 1 aliphatic rings. The van der Waals surface area contributed by atoms with Crippen molar-refractivity contribution in [2.75, 3.05) is 51.8 Å². The van der Waals surface area contributed by atoms with Crippen molar-refractivity contribution in [3.05, 3.63) is 95.1 Å². The Balaban J connectivity index is 1.35. The van der Waals surface area contributed by atoms with E-state index in [1.165, 1.54) is 0 Å². The summed E-state index contributed by atoms with van der Waals surface area (Å²) in [7, 11) is 1.64. The number of carbonyl (C=O) groups excluding carboxylic acids is 2. The maximum Gasteiger partial charge on any atom is 0.338 e. The zero-order valence-electron chi connectivity index (χ0n) is 22.8. The fourth-order valence-corrected chi connectivity index (χ4v) is 4.48. The van der Waals surface area contributed by atoms with Gasteiger partial charge in [0.05, 0.1) is 43.6 Å². The monoisotopic (exact) mass is 542 g/mol. The smallest absolute Gasteiger partial charge is 0.338 e. The van der Waals surface area contributed by atoms with Gasteiger partial charge < -0.3 is 24.4 Å². The van der Waals surface area contributed by atoms with Gasteiger partial charge in [0, 0.05) is 38.4 Å². The van der Waals surface area contributed by atoms with Gasteiger partial charge in [0.1, 0.15) is 5.75 Å². The molecule has 1 N–H and O–H groups in total. The van der Waals surface area contributed by atoms with E-state index in [4.69, 9.17) is 19.5 Å². The molecule has 1 heterocycles. The number of methoxy groups -OCH3 is 1. The van der Waals surface area contributed by atoms with E-state index < -0.39 is 5.97 Å². The fraction of sp³-hybridized carbons (Fsp3) is 0.323. The summed E-state index contributed by atoms with van der Waals surface area (Å²) < 4.78 is 16.9. The van der Waals surface area contributed by atoms with Crippen LogP contribution in [0.3, 0.4) is 0 Å². The summed E-state index contributed by atoms with van der Waals surface area (Å²) in [5.74, 6) is 0.345. The van der Waals surface area contributed by atoms with Gasteiger partial charge in [0.15, 0.2) is 0 Å². The van der Waals surface area contributed by atoms with Crippen LogP contribution in [0.15, 0.2) is 72.8 Å². The van der Waals surface area contributed by atoms with E-state index in [9.17, 15) is 9.59 Å². The number of benzene rings is 3. The van der Waals surface area contributed by atoms with Crippen molar-refractivity contribution >= 4 is 17.7 Å². The molecule has 3 aromatic rings. The molecule has 0 aliphatic carbocycles. The molecule has 4 rings (SSSR count). The van der Waals surface area contributed by atoms with Crippen LogP contribution in [0.25, 0.3) is 0 Å². The van der Waals surface area contributed by atoms with Crippen LogP contribution in [-0.2, 0) is 16.1 Å². The van der Waals surface area contributed by atoms with E-state index >= 15 is 0 Å². The second-order valence-corrected chi connectivity index (χ2v) is 9.40. The molecule has 9 nitrogen and oxygen atoms in total. The van der Waals surface area contributed by atoms with Gasteiger partial charge in [0.25, 0.3) is 0 Å². The van der Waals surface area contributed by atoms with E-state index in [1.807, 2.05) is 36.4 Å². The molecule has 0 radical (unpaired) electrons. The molecule has 0 bridgehead atoms. The Hall–Kier alpha value is -4.39. The highest BCUT2D eigenvalue weighted by atomic mass is 16.5. The van der Waals surface area contributed by atoms with Crippen LogP contribution in [0.5, 0.6) is 5.75 Å². The number of nitriles is 1. The molecule has 0 spiro atoms. The van der Waals surface area contributed by atoms with Gasteiger partial charge in [-0.3, -0.25) is 4.90 Å². The summed E-state index contributed by atoms with van der Waals surface area (Å²) in [6.45, 7) is 5.60. The molecule has 1 saturated heterocycles. The summed E-state index contributed by atoms with van der Waals surface area (Å²) in [5, 5.41) is 12.0. The number of rotatable bonds is 10. The Morgan fingerprint density at radius 2 is 1.75 bits per heavy atom. The van der Waals surface area contributed by atoms with Crippen molar-refractivity contribution in [3.8, 4) is 11.8 Å². The molecule has 0 unspecified atom stereocenters. The maximum absolute atomic E-state index is 12.9. The molecule has 2 amide bonds. The Labute approximate surface area is 234 Å². The first kappa shape index (κ1) is 28.6. The number of hydrogen-bond acceptors (Lipinski definition) is 7. The van der Waals surface area contributed by atoms with E-state index in [2.05, 4.69) is 16.3 Å². The second-order valence-electron chi connectivity index (χ2n) is 9.40. The SMILES string of the molecule is CCOC(=O)c1cccc(NC(=O)N2CCN(C[C@H](OCc3ccc(C#N)cc3)c3cccc(OC)c3)CC2)c1. The number of hydrogen-bond donors (Lipinski definition) is 1. The van der Waals surface area contributed by atoms with Gasteiger partial charge in [-0.1, -0.05) is 30.3 Å². The largest absolute Gasteiger partial charge is 0.497 e. The predicted octanol–water partition coefficient (Wildman–Crippen LogP) is 4.85. The van der Waals surface area contributed by atoms with Gasteiger partial charge >= 0.3 is 12.0 Å². The topological polar surface area (TPSA) is 104 Å². The molecule has 40 heavy (non-hydrogen) atoms. The lowest BCUT2D eigenvalue weighted by Gasteiger charge is -2.36. The van der Waals surface area contributed by atoms with Crippen LogP contribution in [0.4, 0.5) is 10.5 Å². The van der Waals surface area contributed by atoms with Gasteiger partial charge in [0.2, 0.25) is 0 Å². The van der Waals surface area contributed by atoms with Gasteiger partial charge in [-0.2, -0.15) is 5.26 Å². The number of amides is 2. The lowest BCUT2D eigenvalue weighted by atomic mass is 10.1. The molecule has 3 aromatic carbocycles. The van der Waals surface area contributed by atoms with E-state index in [0.29, 0.717) is 62.8 Å². The third-order valence-electron chi connectivity index (χ3n) is 6.71. The minimum Gasteiger partial charge on any atom is -0.497 e. The number of esters is 1. The van der Waals surface area contributed by atoms with Crippen LogP contribution in [0.1, 0.15) is 40.1 Å². The average molecular weight is 543 g/mol. The predicted molar refractivity (Wildman–Crippen MR) is 151 cm³/mol. The lowest BCUT2D eigenvalue weighted by molar-refractivity contribution is 0.00584. The minimum absolute atomic E-state index is 0.206. The zero-order valence-corrected chi connectivity index (χ0v) is 22.8. The van der Waals surface area contributed by atoms with Crippen LogP contribution in [0, 0.1) is 11.3 Å². The molecular weight excluding hydrogens is 508 g/mol. The lowest BCUT2D eigenvalue weighted by Crippen LogP contribution is -2.50. The maximum atomic E-state index is 12.9. The van der Waals surface area contributed by atoms with E-state index in [0.717, 1.165) is 16.9 Å². The Morgan fingerprint density at radius 3 is 2.45 bits per heavy atom. The minimum atomic E-state index is -0.417. The highest BCUT2D eigenvalue weighted by Crippen LogP contribution is 2.25. The van der Waals surface area contributed by atoms with Crippen LogP contribution in [-0.4, -0.2) is 68.2 Å². The molecule has 0 saturated carbocycles. The van der Waals surface area contributed by atoms with Crippen LogP contribution < -0.4 is 10.1 Å². The van der Waals surface area contributed by atoms with Gasteiger partial charge in [-0.25, -0.2) is 9.59 Å². The van der Waals surface area contributed by atoms with Crippen molar-refractivity contribution in [2.24, 2.45) is 0 Å². The van der Waals surface area contributed by atoms with Crippen molar-refractivity contribution in [1.29, 1.82) is 5.26 Å². The standard InChI is InChI=1S/C31H34N4O5/c1-3-39-30(36)26-7-4-8-27(18-26)33-31(37)35-16-14-34(15-17-35)21-29(25-6-5-9-28(19-25)38-2)40-22-24-12-10-23(20-32)11-13-24/h4-13,18-19,29H,3,14-17,21-22H2,1-2H3,(H,33,37)/t29-/m0/s1. The van der Waals surface area contributed by atoms with Crippen LogP contribution >= 0.6 is 0 Å². The number of piperazine rings is 1. The van der Waals surface area contributed by atoms with Crippen molar-refractivity contribution in [2.45, 2.75) is 19.6 Å². The summed E-state index contributed by atoms with van der Waals surface area (Å²) in [5.41, 5.74) is 3.55. The number of nitrogens with zero attached hydrogens (tertiary/aromatic N) is 3. The number of urea groups is 1. The average Bonchev–Trinajstić information content (AvgIpc) is 3.00. The normalized spacial score (nSPS) is 14.2.